The van der Waals surface area contributed by atoms with Gasteiger partial charge in [0.15, 0.2) is 0 Å². The number of benzene rings is 1. The Hall–Kier alpha value is -2.11. The fourth-order valence-electron chi connectivity index (χ4n) is 2.70. The number of carboxylic acid groups (broad SMARTS) is 1. The number of nitrogens with two attached hydrogens (primary N) is 1. The van der Waals surface area contributed by atoms with Crippen molar-refractivity contribution in [1.82, 2.24) is 5.32 Å². The molecular formula is C15H19FN2O3. The van der Waals surface area contributed by atoms with Crippen LogP contribution in [0, 0.1) is 11.7 Å². The number of nitrogen functional groups attached to an aromatic ring is 1. The van der Waals surface area contributed by atoms with E-state index in [2.05, 4.69) is 5.32 Å². The van der Waals surface area contributed by atoms with Gasteiger partial charge in [-0.3, -0.25) is 9.59 Å². The summed E-state index contributed by atoms with van der Waals surface area (Å²) in [6.45, 7) is 0. The average molecular weight is 294 g/mol. The van der Waals surface area contributed by atoms with Crippen LogP contribution < -0.4 is 11.1 Å². The summed E-state index contributed by atoms with van der Waals surface area (Å²) in [5, 5.41) is 12.0. The Morgan fingerprint density at radius 2 is 1.95 bits per heavy atom. The minimum atomic E-state index is -0.898. The van der Waals surface area contributed by atoms with Gasteiger partial charge in [-0.2, -0.15) is 0 Å². The molecule has 1 aromatic rings. The molecule has 0 saturated heterocycles. The Morgan fingerprint density at radius 3 is 2.62 bits per heavy atom. The molecule has 2 atom stereocenters. The third-order valence-corrected chi connectivity index (χ3v) is 3.91. The van der Waals surface area contributed by atoms with Crippen LogP contribution in [0.2, 0.25) is 0 Å². The van der Waals surface area contributed by atoms with E-state index in [0.29, 0.717) is 12.8 Å². The van der Waals surface area contributed by atoms with Gasteiger partial charge in [0.1, 0.15) is 5.82 Å². The van der Waals surface area contributed by atoms with Crippen LogP contribution in [0.1, 0.15) is 42.5 Å². The summed E-state index contributed by atoms with van der Waals surface area (Å²) < 4.78 is 13.4. The van der Waals surface area contributed by atoms with Crippen molar-refractivity contribution in [1.29, 1.82) is 0 Å². The Balaban J connectivity index is 2.12. The first kappa shape index (κ1) is 15.3. The molecule has 21 heavy (non-hydrogen) atoms. The number of aliphatic carboxylic acids is 1. The lowest BCUT2D eigenvalue weighted by Crippen LogP contribution is -2.42. The van der Waals surface area contributed by atoms with Crippen molar-refractivity contribution in [3.8, 4) is 0 Å². The number of hydrogen-bond donors (Lipinski definition) is 3. The van der Waals surface area contributed by atoms with Crippen molar-refractivity contribution >= 4 is 17.6 Å². The van der Waals surface area contributed by atoms with Crippen LogP contribution in [0.15, 0.2) is 18.2 Å². The van der Waals surface area contributed by atoms with Crippen molar-refractivity contribution in [2.45, 2.75) is 38.1 Å². The molecule has 0 aliphatic heterocycles. The number of anilines is 1. The van der Waals surface area contributed by atoms with Crippen molar-refractivity contribution < 1.29 is 19.1 Å². The van der Waals surface area contributed by atoms with E-state index in [1.165, 1.54) is 12.1 Å². The van der Waals surface area contributed by atoms with Gasteiger partial charge in [0.25, 0.3) is 5.91 Å². The van der Waals surface area contributed by atoms with E-state index in [0.717, 1.165) is 25.3 Å². The van der Waals surface area contributed by atoms with Gasteiger partial charge in [-0.15, -0.1) is 0 Å². The van der Waals surface area contributed by atoms with Crippen molar-refractivity contribution in [2.24, 2.45) is 5.92 Å². The number of rotatable bonds is 3. The van der Waals surface area contributed by atoms with E-state index in [1.807, 2.05) is 0 Å². The first-order valence-corrected chi connectivity index (χ1v) is 7.07. The number of halogens is 1. The van der Waals surface area contributed by atoms with Gasteiger partial charge in [-0.05, 0) is 31.0 Å². The summed E-state index contributed by atoms with van der Waals surface area (Å²) in [7, 11) is 0. The van der Waals surface area contributed by atoms with E-state index in [1.54, 1.807) is 0 Å². The van der Waals surface area contributed by atoms with E-state index in [4.69, 9.17) is 5.73 Å². The molecule has 1 fully saturated rings. The smallest absolute Gasteiger partial charge is 0.308 e. The second-order valence-electron chi connectivity index (χ2n) is 5.40. The van der Waals surface area contributed by atoms with E-state index in [-0.39, 0.29) is 11.3 Å². The molecule has 2 unspecified atom stereocenters. The average Bonchev–Trinajstić information content (AvgIpc) is 2.67. The molecule has 1 saturated carbocycles. The molecule has 1 amide bonds. The fourth-order valence-corrected chi connectivity index (χ4v) is 2.70. The fraction of sp³-hybridized carbons (Fsp3) is 0.467. The third-order valence-electron chi connectivity index (χ3n) is 3.91. The molecule has 0 spiro atoms. The first-order chi connectivity index (χ1) is 9.99. The van der Waals surface area contributed by atoms with Gasteiger partial charge < -0.3 is 16.2 Å². The van der Waals surface area contributed by atoms with E-state index >= 15 is 0 Å². The minimum Gasteiger partial charge on any atom is -0.481 e. The molecule has 0 radical (unpaired) electrons. The summed E-state index contributed by atoms with van der Waals surface area (Å²) in [6.07, 6.45) is 3.87. The highest BCUT2D eigenvalue weighted by Gasteiger charge is 2.30. The molecule has 114 valence electrons. The van der Waals surface area contributed by atoms with Crippen molar-refractivity contribution in [3.05, 3.63) is 29.6 Å². The second kappa shape index (κ2) is 6.56. The van der Waals surface area contributed by atoms with Crippen LogP contribution in [-0.4, -0.2) is 23.0 Å². The number of nitrogens with one attached hydrogen (secondary N) is 1. The first-order valence-electron chi connectivity index (χ1n) is 7.07. The molecule has 5 nitrogen and oxygen atoms in total. The lowest BCUT2D eigenvalue weighted by atomic mass is 9.94. The maximum absolute atomic E-state index is 13.4. The number of hydrogen-bond acceptors (Lipinski definition) is 3. The van der Waals surface area contributed by atoms with Crippen molar-refractivity contribution in [2.75, 3.05) is 5.73 Å². The van der Waals surface area contributed by atoms with Gasteiger partial charge in [0.05, 0.1) is 11.6 Å². The summed E-state index contributed by atoms with van der Waals surface area (Å²) in [4.78, 5) is 23.5. The maximum Gasteiger partial charge on any atom is 0.308 e. The van der Waals surface area contributed by atoms with Gasteiger partial charge in [-0.1, -0.05) is 19.3 Å². The highest BCUT2D eigenvalue weighted by atomic mass is 19.1. The lowest BCUT2D eigenvalue weighted by Gasteiger charge is -2.23. The minimum absolute atomic E-state index is 0.0237. The van der Waals surface area contributed by atoms with E-state index in [9.17, 15) is 19.1 Å². The van der Waals surface area contributed by atoms with Crippen LogP contribution in [0.3, 0.4) is 0 Å². The zero-order valence-corrected chi connectivity index (χ0v) is 11.6. The summed E-state index contributed by atoms with van der Waals surface area (Å²) >= 11 is 0. The van der Waals surface area contributed by atoms with Gasteiger partial charge in [0, 0.05) is 11.6 Å². The van der Waals surface area contributed by atoms with Gasteiger partial charge >= 0.3 is 5.97 Å². The number of carboxylic acids is 1. The molecule has 0 aromatic heterocycles. The standard InChI is InChI=1S/C15H19FN2O3/c16-11-8-9(6-7-12(11)17)14(19)18-13-5-3-1-2-4-10(13)15(20)21/h6-8,10,13H,1-5,17H2,(H,18,19)(H,20,21). The summed E-state index contributed by atoms with van der Waals surface area (Å²) in [5.74, 6) is -2.61. The summed E-state index contributed by atoms with van der Waals surface area (Å²) in [6, 6.07) is 3.40. The topological polar surface area (TPSA) is 92.4 Å². The van der Waals surface area contributed by atoms with Gasteiger partial charge in [-0.25, -0.2) is 4.39 Å². The molecule has 1 aliphatic rings. The molecule has 0 bridgehead atoms. The van der Waals surface area contributed by atoms with Gasteiger partial charge in [0.2, 0.25) is 0 Å². The van der Waals surface area contributed by atoms with Crippen LogP contribution in [0.4, 0.5) is 10.1 Å². The number of carbonyl (C=O) groups excluding carboxylic acids is 1. The van der Waals surface area contributed by atoms with Crippen LogP contribution in [-0.2, 0) is 4.79 Å². The lowest BCUT2D eigenvalue weighted by molar-refractivity contribution is -0.142. The Bertz CT molecular complexity index is 548. The number of carbonyl (C=O) groups is 2. The normalized spacial score (nSPS) is 22.3. The van der Waals surface area contributed by atoms with E-state index < -0.39 is 29.7 Å². The molecule has 1 aromatic carbocycles. The maximum atomic E-state index is 13.4. The monoisotopic (exact) mass is 294 g/mol. The second-order valence-corrected chi connectivity index (χ2v) is 5.40. The predicted octanol–water partition coefficient (Wildman–Crippen LogP) is 2.17. The SMILES string of the molecule is Nc1ccc(C(=O)NC2CCCCCC2C(=O)O)cc1F. The largest absolute Gasteiger partial charge is 0.481 e. The molecular weight excluding hydrogens is 275 g/mol. The van der Waals surface area contributed by atoms with Crippen LogP contribution in [0.5, 0.6) is 0 Å². The Kier molecular flexibility index (Phi) is 4.77. The quantitative estimate of drug-likeness (QED) is 0.588. The third kappa shape index (κ3) is 3.71. The molecule has 1 aliphatic carbocycles. The highest BCUT2D eigenvalue weighted by Crippen LogP contribution is 2.24. The Labute approximate surface area is 122 Å². The van der Waals surface area contributed by atoms with Crippen molar-refractivity contribution in [3.63, 3.8) is 0 Å². The molecule has 0 heterocycles. The highest BCUT2D eigenvalue weighted by molar-refractivity contribution is 5.95. The predicted molar refractivity (Wildman–Crippen MR) is 76.3 cm³/mol. The molecule has 2 rings (SSSR count). The zero-order chi connectivity index (χ0) is 15.4. The Morgan fingerprint density at radius 1 is 1.24 bits per heavy atom. The molecule has 4 N–H and O–H groups in total. The van der Waals surface area contributed by atoms with Crippen LogP contribution in [0.25, 0.3) is 0 Å². The number of amides is 1. The molecule has 6 heteroatoms. The zero-order valence-electron chi connectivity index (χ0n) is 11.6. The van der Waals surface area contributed by atoms with Crippen LogP contribution >= 0.6 is 0 Å². The summed E-state index contributed by atoms with van der Waals surface area (Å²) in [5.41, 5.74) is 5.50.